The second-order valence-electron chi connectivity index (χ2n) is 5.74. The van der Waals surface area contributed by atoms with Crippen LogP contribution in [0, 0.1) is 0 Å². The van der Waals surface area contributed by atoms with Crippen LogP contribution in [0.15, 0.2) is 20.0 Å². The summed E-state index contributed by atoms with van der Waals surface area (Å²) in [6.45, 7) is 9.88. The zero-order chi connectivity index (χ0) is 14.8. The van der Waals surface area contributed by atoms with Crippen molar-refractivity contribution in [1.82, 2.24) is 10.0 Å². The molecule has 0 aliphatic heterocycles. The zero-order valence-corrected chi connectivity index (χ0v) is 14.3. The van der Waals surface area contributed by atoms with Crippen molar-refractivity contribution in [3.05, 3.63) is 16.5 Å². The van der Waals surface area contributed by atoms with Crippen molar-refractivity contribution in [2.24, 2.45) is 0 Å². The van der Waals surface area contributed by atoms with Gasteiger partial charge in [0.15, 0.2) is 4.67 Å². The maximum Gasteiger partial charge on any atom is 0.245 e. The first kappa shape index (κ1) is 16.7. The molecule has 0 fully saturated rings. The normalized spacial score (nSPS) is 13.2. The number of hydrogen-bond acceptors (Lipinski definition) is 4. The SMILES string of the molecule is CC(C)NCc1cc(S(=O)(=O)NC(C)(C)C)c(Br)o1. The van der Waals surface area contributed by atoms with Gasteiger partial charge in [-0.15, -0.1) is 0 Å². The second-order valence-corrected chi connectivity index (χ2v) is 8.11. The lowest BCUT2D eigenvalue weighted by Gasteiger charge is -2.19. The number of sulfonamides is 1. The Balaban J connectivity index is 2.95. The summed E-state index contributed by atoms with van der Waals surface area (Å²) in [6, 6.07) is 1.84. The molecule has 7 heteroatoms. The number of furan rings is 1. The molecule has 0 bridgehead atoms. The predicted octanol–water partition coefficient (Wildman–Crippen LogP) is 2.62. The quantitative estimate of drug-likeness (QED) is 0.854. The zero-order valence-electron chi connectivity index (χ0n) is 11.9. The summed E-state index contributed by atoms with van der Waals surface area (Å²) in [7, 11) is -3.58. The lowest BCUT2D eigenvalue weighted by atomic mass is 10.1. The Morgan fingerprint density at radius 2 is 1.95 bits per heavy atom. The molecule has 0 saturated carbocycles. The Bertz CT molecular complexity index is 530. The van der Waals surface area contributed by atoms with Crippen molar-refractivity contribution >= 4 is 26.0 Å². The number of rotatable bonds is 5. The Morgan fingerprint density at radius 3 is 2.42 bits per heavy atom. The van der Waals surface area contributed by atoms with Crippen molar-refractivity contribution in [2.45, 2.75) is 57.6 Å². The third-order valence-electron chi connectivity index (χ3n) is 2.12. The van der Waals surface area contributed by atoms with E-state index < -0.39 is 15.6 Å². The average molecular weight is 353 g/mol. The average Bonchev–Trinajstić information content (AvgIpc) is 2.53. The summed E-state index contributed by atoms with van der Waals surface area (Å²) in [6.07, 6.45) is 0. The van der Waals surface area contributed by atoms with Crippen LogP contribution in [0.5, 0.6) is 0 Å². The van der Waals surface area contributed by atoms with E-state index in [2.05, 4.69) is 26.0 Å². The second kappa shape index (κ2) is 5.95. The molecular formula is C12H21BrN2O3S. The molecular weight excluding hydrogens is 332 g/mol. The lowest BCUT2D eigenvalue weighted by molar-refractivity contribution is 0.446. The van der Waals surface area contributed by atoms with Gasteiger partial charge in [-0.05, 0) is 36.7 Å². The van der Waals surface area contributed by atoms with Gasteiger partial charge in [0.1, 0.15) is 10.7 Å². The lowest BCUT2D eigenvalue weighted by Crippen LogP contribution is -2.40. The third kappa shape index (κ3) is 5.25. The van der Waals surface area contributed by atoms with Crippen molar-refractivity contribution in [2.75, 3.05) is 0 Å². The monoisotopic (exact) mass is 352 g/mol. The van der Waals surface area contributed by atoms with E-state index in [9.17, 15) is 8.42 Å². The fraction of sp³-hybridized carbons (Fsp3) is 0.667. The van der Waals surface area contributed by atoms with Gasteiger partial charge in [0.2, 0.25) is 10.0 Å². The summed E-state index contributed by atoms with van der Waals surface area (Å²) >= 11 is 3.15. The fourth-order valence-corrected chi connectivity index (χ4v) is 3.85. The van der Waals surface area contributed by atoms with Crippen molar-refractivity contribution in [1.29, 1.82) is 0 Å². The van der Waals surface area contributed by atoms with Gasteiger partial charge in [0, 0.05) is 17.6 Å². The topological polar surface area (TPSA) is 71.3 Å². The van der Waals surface area contributed by atoms with Gasteiger partial charge in [-0.25, -0.2) is 13.1 Å². The van der Waals surface area contributed by atoms with Crippen molar-refractivity contribution in [3.8, 4) is 0 Å². The molecule has 0 aromatic carbocycles. The van der Waals surface area contributed by atoms with Crippen LogP contribution in [0.4, 0.5) is 0 Å². The minimum atomic E-state index is -3.58. The molecule has 1 rings (SSSR count). The highest BCUT2D eigenvalue weighted by Crippen LogP contribution is 2.27. The maximum absolute atomic E-state index is 12.2. The Kier molecular flexibility index (Phi) is 5.22. The molecule has 0 unspecified atom stereocenters. The van der Waals surface area contributed by atoms with Crippen LogP contribution < -0.4 is 10.0 Å². The molecule has 0 amide bonds. The van der Waals surface area contributed by atoms with Crippen LogP contribution in [-0.4, -0.2) is 20.0 Å². The molecule has 1 aromatic heterocycles. The summed E-state index contributed by atoms with van der Waals surface area (Å²) < 4.78 is 32.6. The van der Waals surface area contributed by atoms with Crippen LogP contribution in [-0.2, 0) is 16.6 Å². The van der Waals surface area contributed by atoms with E-state index in [0.717, 1.165) is 0 Å². The Labute approximate surface area is 123 Å². The number of nitrogens with one attached hydrogen (secondary N) is 2. The van der Waals surface area contributed by atoms with Crippen LogP contribution >= 0.6 is 15.9 Å². The van der Waals surface area contributed by atoms with Crippen molar-refractivity contribution in [3.63, 3.8) is 0 Å². The van der Waals surface area contributed by atoms with Gasteiger partial charge >= 0.3 is 0 Å². The Hall–Kier alpha value is -0.370. The molecule has 1 heterocycles. The summed E-state index contributed by atoms with van der Waals surface area (Å²) in [5, 5.41) is 3.17. The highest BCUT2D eigenvalue weighted by molar-refractivity contribution is 9.10. The first-order chi connectivity index (χ1) is 8.51. The van der Waals surface area contributed by atoms with E-state index >= 15 is 0 Å². The number of hydrogen-bond donors (Lipinski definition) is 2. The molecule has 0 spiro atoms. The largest absolute Gasteiger partial charge is 0.452 e. The predicted molar refractivity (Wildman–Crippen MR) is 78.5 cm³/mol. The van der Waals surface area contributed by atoms with Gasteiger partial charge in [0.25, 0.3) is 0 Å². The van der Waals surface area contributed by atoms with E-state index in [1.165, 1.54) is 6.07 Å². The summed E-state index contributed by atoms with van der Waals surface area (Å²) in [4.78, 5) is 0.128. The van der Waals surface area contributed by atoms with E-state index in [0.29, 0.717) is 18.3 Å². The van der Waals surface area contributed by atoms with E-state index in [-0.39, 0.29) is 9.56 Å². The fourth-order valence-electron chi connectivity index (χ4n) is 1.43. The third-order valence-corrected chi connectivity index (χ3v) is 4.74. The smallest absolute Gasteiger partial charge is 0.245 e. The number of halogens is 1. The molecule has 0 aliphatic rings. The highest BCUT2D eigenvalue weighted by Gasteiger charge is 2.27. The summed E-state index contributed by atoms with van der Waals surface area (Å²) in [5.74, 6) is 0.579. The molecule has 19 heavy (non-hydrogen) atoms. The first-order valence-electron chi connectivity index (χ1n) is 6.07. The van der Waals surface area contributed by atoms with E-state index in [1.54, 1.807) is 20.8 Å². The molecule has 0 radical (unpaired) electrons. The van der Waals surface area contributed by atoms with Crippen LogP contribution in [0.2, 0.25) is 0 Å². The maximum atomic E-state index is 12.2. The standard InChI is InChI=1S/C12H21BrN2O3S/c1-8(2)14-7-9-6-10(11(13)18-9)19(16,17)15-12(3,4)5/h6,8,14-15H,7H2,1-5H3. The molecule has 110 valence electrons. The van der Waals surface area contributed by atoms with E-state index in [4.69, 9.17) is 4.42 Å². The van der Waals surface area contributed by atoms with Crippen LogP contribution in [0.3, 0.4) is 0 Å². The first-order valence-corrected chi connectivity index (χ1v) is 8.34. The van der Waals surface area contributed by atoms with Gasteiger partial charge in [-0.2, -0.15) is 0 Å². The minimum absolute atomic E-state index is 0.128. The Morgan fingerprint density at radius 1 is 1.37 bits per heavy atom. The van der Waals surface area contributed by atoms with Crippen LogP contribution in [0.1, 0.15) is 40.4 Å². The molecule has 1 aromatic rings. The minimum Gasteiger partial charge on any atom is -0.452 e. The van der Waals surface area contributed by atoms with Gasteiger partial charge in [-0.1, -0.05) is 13.8 Å². The van der Waals surface area contributed by atoms with Crippen molar-refractivity contribution < 1.29 is 12.8 Å². The van der Waals surface area contributed by atoms with Gasteiger partial charge in [0.05, 0.1) is 6.54 Å². The molecule has 2 N–H and O–H groups in total. The molecule has 0 saturated heterocycles. The molecule has 0 atom stereocenters. The van der Waals surface area contributed by atoms with E-state index in [1.807, 2.05) is 13.8 Å². The van der Waals surface area contributed by atoms with Gasteiger partial charge < -0.3 is 9.73 Å². The summed E-state index contributed by atoms with van der Waals surface area (Å²) in [5.41, 5.74) is -0.536. The molecule has 5 nitrogen and oxygen atoms in total. The van der Waals surface area contributed by atoms with Gasteiger partial charge in [-0.3, -0.25) is 0 Å². The highest BCUT2D eigenvalue weighted by atomic mass is 79.9. The molecule has 0 aliphatic carbocycles. The van der Waals surface area contributed by atoms with Crippen LogP contribution in [0.25, 0.3) is 0 Å².